The van der Waals surface area contributed by atoms with Crippen LogP contribution in [0.25, 0.3) is 0 Å². The highest BCUT2D eigenvalue weighted by atomic mass is 32.2. The van der Waals surface area contributed by atoms with Crippen molar-refractivity contribution in [1.82, 2.24) is 5.32 Å². The van der Waals surface area contributed by atoms with Gasteiger partial charge in [0.05, 0.1) is 0 Å². The lowest BCUT2D eigenvalue weighted by molar-refractivity contribution is 0.284. The van der Waals surface area contributed by atoms with Gasteiger partial charge in [-0.15, -0.1) is 11.8 Å². The maximum Gasteiger partial charge on any atom is 0.0443 e. The van der Waals surface area contributed by atoms with Gasteiger partial charge < -0.3 is 10.4 Å². The SMILES string of the molecule is CSc1ccc(C(C)(C)CNCCCO)cc1. The van der Waals surface area contributed by atoms with Crippen molar-refractivity contribution >= 4 is 11.8 Å². The predicted octanol–water partition coefficient (Wildman–Crippen LogP) is 2.66. The summed E-state index contributed by atoms with van der Waals surface area (Å²) in [5.41, 5.74) is 1.48. The second-order valence-electron chi connectivity index (χ2n) is 4.87. The number of benzene rings is 1. The third kappa shape index (κ3) is 4.70. The van der Waals surface area contributed by atoms with Gasteiger partial charge in [-0.25, -0.2) is 0 Å². The van der Waals surface area contributed by atoms with Crippen LogP contribution in [0.2, 0.25) is 0 Å². The number of hydrogen-bond donors (Lipinski definition) is 2. The molecule has 0 aliphatic rings. The molecule has 0 saturated heterocycles. The first kappa shape index (κ1) is 14.6. The van der Waals surface area contributed by atoms with Gasteiger partial charge in [0.1, 0.15) is 0 Å². The van der Waals surface area contributed by atoms with E-state index >= 15 is 0 Å². The summed E-state index contributed by atoms with van der Waals surface area (Å²) < 4.78 is 0. The van der Waals surface area contributed by atoms with Gasteiger partial charge in [0, 0.05) is 23.5 Å². The minimum Gasteiger partial charge on any atom is -0.396 e. The summed E-state index contributed by atoms with van der Waals surface area (Å²) in [5.74, 6) is 0. The van der Waals surface area contributed by atoms with Crippen LogP contribution in [0.1, 0.15) is 25.8 Å². The molecule has 0 unspecified atom stereocenters. The molecule has 1 rings (SSSR count). The minimum atomic E-state index is 0.131. The van der Waals surface area contributed by atoms with Gasteiger partial charge in [0.15, 0.2) is 0 Å². The third-order valence-corrected chi connectivity index (χ3v) is 3.69. The normalized spacial score (nSPS) is 11.8. The average molecular weight is 253 g/mol. The summed E-state index contributed by atoms with van der Waals surface area (Å²) in [7, 11) is 0. The topological polar surface area (TPSA) is 32.3 Å². The van der Waals surface area contributed by atoms with Gasteiger partial charge in [0.2, 0.25) is 0 Å². The molecule has 2 N–H and O–H groups in total. The van der Waals surface area contributed by atoms with Crippen LogP contribution in [0, 0.1) is 0 Å². The highest BCUT2D eigenvalue weighted by Crippen LogP contribution is 2.24. The first-order valence-electron chi connectivity index (χ1n) is 6.06. The van der Waals surface area contributed by atoms with E-state index in [1.54, 1.807) is 11.8 Å². The van der Waals surface area contributed by atoms with E-state index in [4.69, 9.17) is 5.11 Å². The van der Waals surface area contributed by atoms with Crippen molar-refractivity contribution in [3.05, 3.63) is 29.8 Å². The molecule has 0 atom stereocenters. The number of aliphatic hydroxyl groups is 1. The molecule has 0 spiro atoms. The fraction of sp³-hybridized carbons (Fsp3) is 0.571. The van der Waals surface area contributed by atoms with E-state index in [2.05, 4.69) is 49.7 Å². The molecular weight excluding hydrogens is 230 g/mol. The highest BCUT2D eigenvalue weighted by Gasteiger charge is 2.19. The summed E-state index contributed by atoms with van der Waals surface area (Å²) >= 11 is 1.77. The van der Waals surface area contributed by atoms with E-state index in [0.717, 1.165) is 19.5 Å². The Morgan fingerprint density at radius 3 is 2.41 bits per heavy atom. The smallest absolute Gasteiger partial charge is 0.0443 e. The zero-order chi connectivity index (χ0) is 12.7. The molecule has 3 heteroatoms. The summed E-state index contributed by atoms with van der Waals surface area (Å²) in [4.78, 5) is 1.30. The number of thioether (sulfide) groups is 1. The van der Waals surface area contributed by atoms with Gasteiger partial charge in [0.25, 0.3) is 0 Å². The molecule has 2 nitrogen and oxygen atoms in total. The monoisotopic (exact) mass is 253 g/mol. The minimum absolute atomic E-state index is 0.131. The van der Waals surface area contributed by atoms with Crippen molar-refractivity contribution in [1.29, 1.82) is 0 Å². The molecule has 0 fully saturated rings. The van der Waals surface area contributed by atoms with Gasteiger partial charge in [-0.3, -0.25) is 0 Å². The number of aliphatic hydroxyl groups excluding tert-OH is 1. The first-order chi connectivity index (χ1) is 8.10. The first-order valence-corrected chi connectivity index (χ1v) is 7.29. The Morgan fingerprint density at radius 1 is 1.24 bits per heavy atom. The van der Waals surface area contributed by atoms with Crippen LogP contribution < -0.4 is 5.32 Å². The molecule has 0 saturated carbocycles. The Balaban J connectivity index is 2.55. The van der Waals surface area contributed by atoms with Crippen LogP contribution in [0.3, 0.4) is 0 Å². The maximum atomic E-state index is 8.73. The van der Waals surface area contributed by atoms with Crippen molar-refractivity contribution in [2.45, 2.75) is 30.6 Å². The van der Waals surface area contributed by atoms with Crippen LogP contribution in [-0.4, -0.2) is 31.1 Å². The van der Waals surface area contributed by atoms with Crippen LogP contribution in [0.5, 0.6) is 0 Å². The standard InChI is InChI=1S/C14H23NOS/c1-14(2,11-15-9-4-10-16)12-5-7-13(17-3)8-6-12/h5-8,15-16H,4,9-11H2,1-3H3. The van der Waals surface area contributed by atoms with Gasteiger partial charge >= 0.3 is 0 Å². The number of rotatable bonds is 7. The fourth-order valence-electron chi connectivity index (χ4n) is 1.75. The van der Waals surface area contributed by atoms with Gasteiger partial charge in [-0.05, 0) is 36.9 Å². The maximum absolute atomic E-state index is 8.73. The van der Waals surface area contributed by atoms with Crippen LogP contribution in [-0.2, 0) is 5.41 Å². The van der Waals surface area contributed by atoms with Crippen molar-refractivity contribution in [2.75, 3.05) is 26.0 Å². The van der Waals surface area contributed by atoms with Crippen LogP contribution >= 0.6 is 11.8 Å². The van der Waals surface area contributed by atoms with E-state index < -0.39 is 0 Å². The van der Waals surface area contributed by atoms with Crippen molar-refractivity contribution < 1.29 is 5.11 Å². The largest absolute Gasteiger partial charge is 0.396 e. The molecule has 1 aromatic carbocycles. The van der Waals surface area contributed by atoms with Crippen LogP contribution in [0.4, 0.5) is 0 Å². The van der Waals surface area contributed by atoms with E-state index in [1.165, 1.54) is 10.5 Å². The summed E-state index contributed by atoms with van der Waals surface area (Å²) in [6.07, 6.45) is 2.91. The molecule has 0 radical (unpaired) electrons. The Hall–Kier alpha value is -0.510. The lowest BCUT2D eigenvalue weighted by atomic mass is 9.84. The molecule has 0 aliphatic carbocycles. The van der Waals surface area contributed by atoms with Crippen molar-refractivity contribution in [3.8, 4) is 0 Å². The molecule has 0 aliphatic heterocycles. The second-order valence-corrected chi connectivity index (χ2v) is 5.75. The molecule has 0 amide bonds. The lowest BCUT2D eigenvalue weighted by Gasteiger charge is -2.26. The zero-order valence-corrected chi connectivity index (χ0v) is 11.8. The zero-order valence-electron chi connectivity index (χ0n) is 11.0. The van der Waals surface area contributed by atoms with E-state index in [0.29, 0.717) is 0 Å². The van der Waals surface area contributed by atoms with Gasteiger partial charge in [-0.1, -0.05) is 26.0 Å². The second kappa shape index (κ2) is 7.04. The average Bonchev–Trinajstić information content (AvgIpc) is 2.35. The molecule has 0 aromatic heterocycles. The Morgan fingerprint density at radius 2 is 1.88 bits per heavy atom. The third-order valence-electron chi connectivity index (χ3n) is 2.95. The number of nitrogens with one attached hydrogen (secondary N) is 1. The van der Waals surface area contributed by atoms with Crippen molar-refractivity contribution in [3.63, 3.8) is 0 Å². The highest BCUT2D eigenvalue weighted by molar-refractivity contribution is 7.98. The molecule has 17 heavy (non-hydrogen) atoms. The Labute approximate surface area is 109 Å². The van der Waals surface area contributed by atoms with Crippen LogP contribution in [0.15, 0.2) is 29.2 Å². The quantitative estimate of drug-likeness (QED) is 0.579. The molecule has 96 valence electrons. The summed E-state index contributed by atoms with van der Waals surface area (Å²) in [6, 6.07) is 8.77. The molecule has 1 aromatic rings. The van der Waals surface area contributed by atoms with E-state index in [1.807, 2.05) is 0 Å². The van der Waals surface area contributed by atoms with E-state index in [9.17, 15) is 0 Å². The Bertz CT molecular complexity index is 321. The number of hydrogen-bond acceptors (Lipinski definition) is 3. The molecule has 0 heterocycles. The Kier molecular flexibility index (Phi) is 6.03. The molecular formula is C14H23NOS. The fourth-order valence-corrected chi connectivity index (χ4v) is 2.16. The predicted molar refractivity (Wildman–Crippen MR) is 75.8 cm³/mol. The van der Waals surface area contributed by atoms with E-state index in [-0.39, 0.29) is 12.0 Å². The summed E-state index contributed by atoms with van der Waals surface area (Å²) in [6.45, 7) is 6.56. The summed E-state index contributed by atoms with van der Waals surface area (Å²) in [5, 5.41) is 12.1. The van der Waals surface area contributed by atoms with Gasteiger partial charge in [-0.2, -0.15) is 0 Å². The lowest BCUT2D eigenvalue weighted by Crippen LogP contribution is -2.33. The molecule has 0 bridgehead atoms. The van der Waals surface area contributed by atoms with Crippen molar-refractivity contribution in [2.24, 2.45) is 0 Å².